The number of hydrogen-bond acceptors (Lipinski definition) is 2. The Hall–Kier alpha value is -1.02. The molecule has 0 fully saturated rings. The van der Waals surface area contributed by atoms with Crippen LogP contribution in [0.25, 0.3) is 0 Å². The normalized spacial score (nSPS) is 12.5. The van der Waals surface area contributed by atoms with Crippen molar-refractivity contribution in [2.75, 3.05) is 6.54 Å². The molecule has 0 heterocycles. The van der Waals surface area contributed by atoms with Crippen molar-refractivity contribution < 1.29 is 4.74 Å². The molecule has 2 heteroatoms. The zero-order valence-corrected chi connectivity index (χ0v) is 9.92. The number of hydrogen-bond donors (Lipinski definition) is 1. The van der Waals surface area contributed by atoms with Crippen LogP contribution in [0.15, 0.2) is 24.3 Å². The van der Waals surface area contributed by atoms with Gasteiger partial charge in [-0.3, -0.25) is 0 Å². The van der Waals surface area contributed by atoms with Gasteiger partial charge in [0.05, 0.1) is 6.10 Å². The van der Waals surface area contributed by atoms with E-state index in [0.29, 0.717) is 0 Å². The SMILES string of the molecule is CCNCc1ccccc1OC(C)CC. The molecule has 15 heavy (non-hydrogen) atoms. The molecule has 1 unspecified atom stereocenters. The minimum absolute atomic E-state index is 0.285. The van der Waals surface area contributed by atoms with Gasteiger partial charge in [0.2, 0.25) is 0 Å². The van der Waals surface area contributed by atoms with Gasteiger partial charge in [-0.25, -0.2) is 0 Å². The summed E-state index contributed by atoms with van der Waals surface area (Å²) in [6, 6.07) is 8.22. The summed E-state index contributed by atoms with van der Waals surface area (Å²) in [7, 11) is 0. The lowest BCUT2D eigenvalue weighted by Gasteiger charge is -2.16. The van der Waals surface area contributed by atoms with Crippen molar-refractivity contribution in [3.05, 3.63) is 29.8 Å². The lowest BCUT2D eigenvalue weighted by molar-refractivity contribution is 0.215. The van der Waals surface area contributed by atoms with Crippen molar-refractivity contribution in [2.24, 2.45) is 0 Å². The summed E-state index contributed by atoms with van der Waals surface area (Å²) < 4.78 is 5.85. The second-order valence-corrected chi connectivity index (χ2v) is 3.72. The fourth-order valence-corrected chi connectivity index (χ4v) is 1.32. The van der Waals surface area contributed by atoms with E-state index in [4.69, 9.17) is 4.74 Å². The molecule has 0 saturated heterocycles. The van der Waals surface area contributed by atoms with Gasteiger partial charge in [0.15, 0.2) is 0 Å². The van der Waals surface area contributed by atoms with Crippen LogP contribution in [0.1, 0.15) is 32.8 Å². The Balaban J connectivity index is 2.67. The summed E-state index contributed by atoms with van der Waals surface area (Å²) in [5.74, 6) is 1.01. The average molecular weight is 207 g/mol. The molecule has 0 saturated carbocycles. The Kier molecular flexibility index (Phi) is 5.19. The van der Waals surface area contributed by atoms with Crippen LogP contribution in [0.5, 0.6) is 5.75 Å². The van der Waals surface area contributed by atoms with Crippen molar-refractivity contribution >= 4 is 0 Å². The smallest absolute Gasteiger partial charge is 0.124 e. The van der Waals surface area contributed by atoms with Crippen molar-refractivity contribution in [3.8, 4) is 5.75 Å². The van der Waals surface area contributed by atoms with E-state index < -0.39 is 0 Å². The molecule has 0 bridgehead atoms. The van der Waals surface area contributed by atoms with Crippen molar-refractivity contribution in [1.82, 2.24) is 5.32 Å². The summed E-state index contributed by atoms with van der Waals surface area (Å²) in [5, 5.41) is 3.32. The Bertz CT molecular complexity index is 286. The van der Waals surface area contributed by atoms with E-state index in [1.807, 2.05) is 12.1 Å². The molecule has 1 atom stereocenters. The first-order chi connectivity index (χ1) is 7.27. The van der Waals surface area contributed by atoms with Gasteiger partial charge in [0, 0.05) is 12.1 Å². The first kappa shape index (κ1) is 12.1. The summed E-state index contributed by atoms with van der Waals surface area (Å²) in [6.07, 6.45) is 1.32. The van der Waals surface area contributed by atoms with E-state index in [2.05, 4.69) is 38.2 Å². The minimum Gasteiger partial charge on any atom is -0.490 e. The Labute approximate surface area is 92.6 Å². The number of para-hydroxylation sites is 1. The first-order valence-corrected chi connectivity index (χ1v) is 5.73. The fourth-order valence-electron chi connectivity index (χ4n) is 1.32. The Morgan fingerprint density at radius 1 is 1.27 bits per heavy atom. The molecule has 1 rings (SSSR count). The first-order valence-electron chi connectivity index (χ1n) is 5.73. The van der Waals surface area contributed by atoms with Gasteiger partial charge in [-0.05, 0) is 26.0 Å². The highest BCUT2D eigenvalue weighted by Gasteiger charge is 2.05. The molecule has 2 nitrogen and oxygen atoms in total. The third-order valence-electron chi connectivity index (χ3n) is 2.44. The van der Waals surface area contributed by atoms with Crippen LogP contribution < -0.4 is 10.1 Å². The van der Waals surface area contributed by atoms with Crippen molar-refractivity contribution in [3.63, 3.8) is 0 Å². The number of nitrogens with one attached hydrogen (secondary N) is 1. The van der Waals surface area contributed by atoms with Crippen LogP contribution in [-0.2, 0) is 6.54 Å². The minimum atomic E-state index is 0.285. The van der Waals surface area contributed by atoms with Gasteiger partial charge in [-0.2, -0.15) is 0 Å². The van der Waals surface area contributed by atoms with Gasteiger partial charge >= 0.3 is 0 Å². The number of ether oxygens (including phenoxy) is 1. The highest BCUT2D eigenvalue weighted by molar-refractivity contribution is 5.33. The van der Waals surface area contributed by atoms with Crippen molar-refractivity contribution in [1.29, 1.82) is 0 Å². The predicted octanol–water partition coefficient (Wildman–Crippen LogP) is 2.97. The van der Waals surface area contributed by atoms with Crippen LogP contribution in [0.4, 0.5) is 0 Å². The molecular weight excluding hydrogens is 186 g/mol. The molecule has 0 spiro atoms. The zero-order valence-electron chi connectivity index (χ0n) is 9.92. The Morgan fingerprint density at radius 2 is 2.00 bits per heavy atom. The molecular formula is C13H21NO. The van der Waals surface area contributed by atoms with Gasteiger partial charge in [-0.1, -0.05) is 32.0 Å². The maximum atomic E-state index is 5.85. The van der Waals surface area contributed by atoms with Crippen LogP contribution in [0.3, 0.4) is 0 Å². The molecule has 0 aliphatic rings. The van der Waals surface area contributed by atoms with E-state index >= 15 is 0 Å². The summed E-state index contributed by atoms with van der Waals surface area (Å²) in [5.41, 5.74) is 1.24. The highest BCUT2D eigenvalue weighted by atomic mass is 16.5. The van der Waals surface area contributed by atoms with E-state index in [-0.39, 0.29) is 6.10 Å². The number of benzene rings is 1. The molecule has 0 aromatic heterocycles. The van der Waals surface area contributed by atoms with Gasteiger partial charge < -0.3 is 10.1 Å². The van der Waals surface area contributed by atoms with E-state index in [9.17, 15) is 0 Å². The van der Waals surface area contributed by atoms with E-state index in [1.54, 1.807) is 0 Å². The largest absolute Gasteiger partial charge is 0.490 e. The van der Waals surface area contributed by atoms with Crippen molar-refractivity contribution in [2.45, 2.75) is 39.8 Å². The third kappa shape index (κ3) is 3.92. The van der Waals surface area contributed by atoms with E-state index in [0.717, 1.165) is 25.3 Å². The zero-order chi connectivity index (χ0) is 11.1. The van der Waals surface area contributed by atoms with Gasteiger partial charge in [0.1, 0.15) is 5.75 Å². The molecule has 0 amide bonds. The molecule has 0 radical (unpaired) electrons. The van der Waals surface area contributed by atoms with E-state index in [1.165, 1.54) is 5.56 Å². The lowest BCUT2D eigenvalue weighted by Crippen LogP contribution is -2.15. The number of rotatable bonds is 6. The van der Waals surface area contributed by atoms with Crippen LogP contribution in [0, 0.1) is 0 Å². The van der Waals surface area contributed by atoms with Gasteiger partial charge in [-0.15, -0.1) is 0 Å². The molecule has 1 aromatic rings. The molecule has 1 aromatic carbocycles. The summed E-state index contributed by atoms with van der Waals surface area (Å²) in [4.78, 5) is 0. The molecule has 84 valence electrons. The fraction of sp³-hybridized carbons (Fsp3) is 0.538. The quantitative estimate of drug-likeness (QED) is 0.774. The average Bonchev–Trinajstić information content (AvgIpc) is 2.28. The maximum absolute atomic E-state index is 5.85. The maximum Gasteiger partial charge on any atom is 0.124 e. The van der Waals surface area contributed by atoms with Gasteiger partial charge in [0.25, 0.3) is 0 Å². The highest BCUT2D eigenvalue weighted by Crippen LogP contribution is 2.19. The lowest BCUT2D eigenvalue weighted by atomic mass is 10.2. The predicted molar refractivity (Wildman–Crippen MR) is 64.2 cm³/mol. The standard InChI is InChI=1S/C13H21NO/c1-4-11(3)15-13-9-7-6-8-12(13)10-14-5-2/h6-9,11,14H,4-5,10H2,1-3H3. The monoisotopic (exact) mass is 207 g/mol. The second-order valence-electron chi connectivity index (χ2n) is 3.72. The van der Waals surface area contributed by atoms with Crippen LogP contribution >= 0.6 is 0 Å². The Morgan fingerprint density at radius 3 is 2.67 bits per heavy atom. The molecule has 1 N–H and O–H groups in total. The molecule has 0 aliphatic carbocycles. The topological polar surface area (TPSA) is 21.3 Å². The van der Waals surface area contributed by atoms with Crippen LogP contribution in [-0.4, -0.2) is 12.6 Å². The summed E-state index contributed by atoms with van der Waals surface area (Å²) in [6.45, 7) is 8.21. The third-order valence-corrected chi connectivity index (χ3v) is 2.44. The molecule has 0 aliphatic heterocycles. The van der Waals surface area contributed by atoms with Crippen LogP contribution in [0.2, 0.25) is 0 Å². The summed E-state index contributed by atoms with van der Waals surface area (Å²) >= 11 is 0. The second kappa shape index (κ2) is 6.46.